The molecule has 112 valence electrons. The van der Waals surface area contributed by atoms with Crippen LogP contribution in [0.2, 0.25) is 0 Å². The molecule has 1 aromatic rings. The Kier molecular flexibility index (Phi) is 3.53. The van der Waals surface area contributed by atoms with E-state index < -0.39 is 10.9 Å². The number of carboxylic acid groups (broad SMARTS) is 1. The van der Waals surface area contributed by atoms with Crippen LogP contribution in [0.3, 0.4) is 0 Å². The van der Waals surface area contributed by atoms with Gasteiger partial charge >= 0.3 is 11.7 Å². The first-order chi connectivity index (χ1) is 10.1. The van der Waals surface area contributed by atoms with Crippen molar-refractivity contribution in [2.75, 3.05) is 11.4 Å². The van der Waals surface area contributed by atoms with E-state index in [0.29, 0.717) is 17.6 Å². The molecule has 2 fully saturated rings. The molecule has 1 saturated carbocycles. The van der Waals surface area contributed by atoms with Gasteiger partial charge in [0.1, 0.15) is 11.3 Å². The average Bonchev–Trinajstić information content (AvgIpc) is 2.90. The number of nitrogens with zero attached hydrogens (tertiary/aromatic N) is 2. The van der Waals surface area contributed by atoms with E-state index in [2.05, 4.69) is 4.90 Å². The molecule has 1 saturated heterocycles. The third kappa shape index (κ3) is 2.34. The van der Waals surface area contributed by atoms with E-state index in [1.165, 1.54) is 18.9 Å². The summed E-state index contributed by atoms with van der Waals surface area (Å²) in [7, 11) is 0. The van der Waals surface area contributed by atoms with Gasteiger partial charge in [0.05, 0.1) is 4.92 Å². The second kappa shape index (κ2) is 5.35. The third-order valence-corrected chi connectivity index (χ3v) is 4.75. The lowest BCUT2D eigenvalue weighted by atomic mass is 9.85. The van der Waals surface area contributed by atoms with Crippen molar-refractivity contribution in [1.29, 1.82) is 0 Å². The van der Waals surface area contributed by atoms with Gasteiger partial charge in [0, 0.05) is 12.6 Å². The molecule has 0 radical (unpaired) electrons. The molecule has 2 aliphatic rings. The number of hydrogen-bond acceptors (Lipinski definition) is 4. The molecule has 0 amide bonds. The second-order valence-corrected chi connectivity index (χ2v) is 5.83. The fraction of sp³-hybridized carbons (Fsp3) is 0.533. The fourth-order valence-electron chi connectivity index (χ4n) is 3.83. The average molecular weight is 290 g/mol. The van der Waals surface area contributed by atoms with Gasteiger partial charge in [-0.25, -0.2) is 4.79 Å². The molecular weight excluding hydrogens is 272 g/mol. The monoisotopic (exact) mass is 290 g/mol. The fourth-order valence-corrected chi connectivity index (χ4v) is 3.83. The van der Waals surface area contributed by atoms with Gasteiger partial charge in [-0.15, -0.1) is 0 Å². The van der Waals surface area contributed by atoms with Gasteiger partial charge in [0.2, 0.25) is 0 Å². The Bertz CT molecular complexity index is 587. The van der Waals surface area contributed by atoms with Crippen molar-refractivity contribution in [1.82, 2.24) is 0 Å². The van der Waals surface area contributed by atoms with Crippen LogP contribution in [-0.2, 0) is 0 Å². The van der Waals surface area contributed by atoms with Crippen LogP contribution in [0.15, 0.2) is 18.2 Å². The summed E-state index contributed by atoms with van der Waals surface area (Å²) in [5.41, 5.74) is -0.0257. The predicted molar refractivity (Wildman–Crippen MR) is 77.8 cm³/mol. The maximum absolute atomic E-state index is 11.4. The van der Waals surface area contributed by atoms with E-state index >= 15 is 0 Å². The molecule has 1 N–H and O–H groups in total. The first kappa shape index (κ1) is 13.9. The highest BCUT2D eigenvalue weighted by Gasteiger charge is 2.39. The Morgan fingerprint density at radius 1 is 1.29 bits per heavy atom. The Balaban J connectivity index is 2.04. The molecule has 1 aliphatic heterocycles. The third-order valence-electron chi connectivity index (χ3n) is 4.75. The van der Waals surface area contributed by atoms with Crippen LogP contribution in [-0.4, -0.2) is 28.6 Å². The zero-order chi connectivity index (χ0) is 15.0. The number of fused-ring (bicyclic) bond motifs is 1. The zero-order valence-electron chi connectivity index (χ0n) is 11.7. The number of carboxylic acids is 1. The molecule has 0 spiro atoms. The maximum atomic E-state index is 11.4. The molecule has 21 heavy (non-hydrogen) atoms. The van der Waals surface area contributed by atoms with Crippen molar-refractivity contribution in [3.8, 4) is 0 Å². The van der Waals surface area contributed by atoms with E-state index in [1.807, 2.05) is 0 Å². The summed E-state index contributed by atoms with van der Waals surface area (Å²) in [6.45, 7) is 0.777. The maximum Gasteiger partial charge on any atom is 0.342 e. The summed E-state index contributed by atoms with van der Waals surface area (Å²) >= 11 is 0. The molecule has 1 heterocycles. The summed E-state index contributed by atoms with van der Waals surface area (Å²) < 4.78 is 0. The molecule has 0 bridgehead atoms. The number of para-hydroxylation sites is 1. The van der Waals surface area contributed by atoms with E-state index in [9.17, 15) is 20.0 Å². The standard InChI is InChI=1S/C15H18N2O4/c18-15(19)11-5-3-7-13(14(11)17(20)21)16-9-8-10-4-1-2-6-12(10)16/h3,5,7,10,12H,1-2,4,6,8-9H2,(H,18,19). The van der Waals surface area contributed by atoms with Gasteiger partial charge in [-0.2, -0.15) is 0 Å². The van der Waals surface area contributed by atoms with Crippen LogP contribution in [0.4, 0.5) is 11.4 Å². The minimum absolute atomic E-state index is 0.225. The summed E-state index contributed by atoms with van der Waals surface area (Å²) in [4.78, 5) is 24.1. The van der Waals surface area contributed by atoms with Crippen molar-refractivity contribution in [2.24, 2.45) is 5.92 Å². The van der Waals surface area contributed by atoms with Gasteiger partial charge in [-0.05, 0) is 37.3 Å². The molecule has 6 heteroatoms. The van der Waals surface area contributed by atoms with E-state index in [1.54, 1.807) is 12.1 Å². The first-order valence-electron chi connectivity index (χ1n) is 7.37. The molecule has 6 nitrogen and oxygen atoms in total. The lowest BCUT2D eigenvalue weighted by Crippen LogP contribution is -2.35. The Labute approximate surface area is 122 Å². The quantitative estimate of drug-likeness (QED) is 0.683. The normalized spacial score (nSPS) is 24.7. The van der Waals surface area contributed by atoms with Gasteiger partial charge in [-0.3, -0.25) is 10.1 Å². The van der Waals surface area contributed by atoms with Crippen LogP contribution < -0.4 is 4.90 Å². The summed E-state index contributed by atoms with van der Waals surface area (Å²) in [6.07, 6.45) is 5.63. The van der Waals surface area contributed by atoms with Crippen molar-refractivity contribution >= 4 is 17.3 Å². The van der Waals surface area contributed by atoms with Gasteiger partial charge in [-0.1, -0.05) is 18.9 Å². The van der Waals surface area contributed by atoms with E-state index in [-0.39, 0.29) is 11.3 Å². The van der Waals surface area contributed by atoms with Crippen LogP contribution in [0.5, 0.6) is 0 Å². The number of hydrogen-bond donors (Lipinski definition) is 1. The van der Waals surface area contributed by atoms with Crippen molar-refractivity contribution < 1.29 is 14.8 Å². The number of anilines is 1. The molecule has 2 unspecified atom stereocenters. The topological polar surface area (TPSA) is 83.7 Å². The van der Waals surface area contributed by atoms with Gasteiger partial charge in [0.25, 0.3) is 0 Å². The highest BCUT2D eigenvalue weighted by atomic mass is 16.6. The Morgan fingerprint density at radius 2 is 2.05 bits per heavy atom. The number of nitro groups is 1. The van der Waals surface area contributed by atoms with E-state index in [4.69, 9.17) is 0 Å². The smallest absolute Gasteiger partial charge is 0.342 e. The SMILES string of the molecule is O=C(O)c1cccc(N2CCC3CCCCC32)c1[N+](=O)[O-]. The lowest BCUT2D eigenvalue weighted by Gasteiger charge is -2.33. The lowest BCUT2D eigenvalue weighted by molar-refractivity contribution is -0.384. The molecular formula is C15H18N2O4. The number of benzene rings is 1. The Hall–Kier alpha value is -2.11. The number of aromatic carboxylic acids is 1. The molecule has 3 rings (SSSR count). The van der Waals surface area contributed by atoms with E-state index in [0.717, 1.165) is 25.8 Å². The van der Waals surface area contributed by atoms with Gasteiger partial charge in [0.15, 0.2) is 0 Å². The largest absolute Gasteiger partial charge is 0.477 e. The molecule has 1 aliphatic carbocycles. The number of rotatable bonds is 3. The van der Waals surface area contributed by atoms with Crippen LogP contribution in [0.25, 0.3) is 0 Å². The summed E-state index contributed by atoms with van der Waals surface area (Å²) in [5, 5.41) is 20.6. The van der Waals surface area contributed by atoms with Gasteiger partial charge < -0.3 is 10.0 Å². The molecule has 1 aromatic carbocycles. The highest BCUT2D eigenvalue weighted by Crippen LogP contribution is 2.42. The second-order valence-electron chi connectivity index (χ2n) is 5.83. The number of nitro benzene ring substituents is 1. The first-order valence-corrected chi connectivity index (χ1v) is 7.37. The van der Waals surface area contributed by atoms with Crippen molar-refractivity contribution in [2.45, 2.75) is 38.1 Å². The van der Waals surface area contributed by atoms with Crippen LogP contribution in [0, 0.1) is 16.0 Å². The highest BCUT2D eigenvalue weighted by molar-refractivity contribution is 5.95. The minimum Gasteiger partial charge on any atom is -0.477 e. The Morgan fingerprint density at radius 3 is 2.76 bits per heavy atom. The minimum atomic E-state index is -1.25. The summed E-state index contributed by atoms with van der Waals surface area (Å²) in [6, 6.07) is 4.91. The number of carbonyl (C=O) groups is 1. The predicted octanol–water partition coefficient (Wildman–Crippen LogP) is 3.06. The molecule has 0 aromatic heterocycles. The van der Waals surface area contributed by atoms with Crippen molar-refractivity contribution in [3.05, 3.63) is 33.9 Å². The molecule has 2 atom stereocenters. The summed E-state index contributed by atoms with van der Waals surface area (Å²) in [5.74, 6) is -0.658. The zero-order valence-corrected chi connectivity index (χ0v) is 11.7. The van der Waals surface area contributed by atoms with Crippen molar-refractivity contribution in [3.63, 3.8) is 0 Å². The van der Waals surface area contributed by atoms with Crippen LogP contribution >= 0.6 is 0 Å². The van der Waals surface area contributed by atoms with Crippen LogP contribution in [0.1, 0.15) is 42.5 Å².